The number of amides is 1. The van der Waals surface area contributed by atoms with E-state index >= 15 is 0 Å². The van der Waals surface area contributed by atoms with Crippen LogP contribution in [0.3, 0.4) is 0 Å². The first-order chi connectivity index (χ1) is 20.5. The summed E-state index contributed by atoms with van der Waals surface area (Å²) >= 11 is 0. The Labute approximate surface area is 248 Å². The average Bonchev–Trinajstić information content (AvgIpc) is 2.99. The summed E-state index contributed by atoms with van der Waals surface area (Å²) in [6.07, 6.45) is 3.01. The maximum absolute atomic E-state index is 13.3. The van der Waals surface area contributed by atoms with Gasteiger partial charge in [-0.15, -0.1) is 0 Å². The molecule has 0 saturated carbocycles. The van der Waals surface area contributed by atoms with Crippen molar-refractivity contribution in [2.75, 3.05) is 24.4 Å². The molecule has 0 spiro atoms. The lowest BCUT2D eigenvalue weighted by Crippen LogP contribution is -2.52. The number of methoxy groups -OCH3 is 1. The Balaban J connectivity index is 1.58. The molecule has 0 unspecified atom stereocenters. The number of ether oxygens (including phenoxy) is 3. The number of benzene rings is 3. The number of rotatable bonds is 8. The van der Waals surface area contributed by atoms with Crippen molar-refractivity contribution in [3.63, 3.8) is 0 Å². The standard InChI is InChI=1S/C32H30N4O7/c1-19-6-7-21(36(39)40)16-27(19)42-18-25-23(10-11-26-29(25)35(4)31(38)32(2,3)34-26)24-9-8-22(17-28(24)41-5)43-30(37)20-12-14-33-15-13-20/h6-17,34H,18H2,1-5H3. The summed E-state index contributed by atoms with van der Waals surface area (Å²) in [4.78, 5) is 42.4. The first kappa shape index (κ1) is 29.1. The second kappa shape index (κ2) is 11.4. The van der Waals surface area contributed by atoms with Crippen molar-refractivity contribution in [1.29, 1.82) is 0 Å². The van der Waals surface area contributed by atoms with E-state index in [1.165, 1.54) is 31.6 Å². The van der Waals surface area contributed by atoms with Crippen LogP contribution in [0.2, 0.25) is 0 Å². The number of aryl methyl sites for hydroxylation is 1. The second-order valence-corrected chi connectivity index (χ2v) is 10.6. The van der Waals surface area contributed by atoms with E-state index in [0.29, 0.717) is 39.4 Å². The van der Waals surface area contributed by atoms with E-state index in [4.69, 9.17) is 14.2 Å². The normalized spacial score (nSPS) is 13.5. The van der Waals surface area contributed by atoms with Crippen LogP contribution < -0.4 is 24.4 Å². The third kappa shape index (κ3) is 5.69. The van der Waals surface area contributed by atoms with Crippen molar-refractivity contribution in [3.05, 3.63) is 99.9 Å². The van der Waals surface area contributed by atoms with Crippen LogP contribution in [0, 0.1) is 17.0 Å². The maximum atomic E-state index is 13.3. The lowest BCUT2D eigenvalue weighted by molar-refractivity contribution is -0.385. The molecular weight excluding hydrogens is 552 g/mol. The third-order valence-electron chi connectivity index (χ3n) is 7.25. The first-order valence-electron chi connectivity index (χ1n) is 13.4. The van der Waals surface area contributed by atoms with Gasteiger partial charge in [0.1, 0.15) is 29.4 Å². The molecule has 0 fully saturated rings. The zero-order valence-electron chi connectivity index (χ0n) is 24.3. The van der Waals surface area contributed by atoms with Crippen molar-refractivity contribution in [3.8, 4) is 28.4 Å². The van der Waals surface area contributed by atoms with Crippen LogP contribution in [0.1, 0.15) is 35.3 Å². The molecule has 3 aromatic carbocycles. The molecule has 0 atom stereocenters. The molecule has 1 aromatic heterocycles. The largest absolute Gasteiger partial charge is 0.496 e. The first-order valence-corrected chi connectivity index (χ1v) is 13.4. The highest BCUT2D eigenvalue weighted by atomic mass is 16.6. The van der Waals surface area contributed by atoms with E-state index in [9.17, 15) is 19.7 Å². The van der Waals surface area contributed by atoms with E-state index in [-0.39, 0.29) is 24.0 Å². The molecule has 0 saturated heterocycles. The molecule has 0 aliphatic carbocycles. The number of pyridine rings is 1. The van der Waals surface area contributed by atoms with E-state index in [2.05, 4.69) is 10.3 Å². The average molecular weight is 583 g/mol. The Morgan fingerprint density at radius 2 is 1.74 bits per heavy atom. The lowest BCUT2D eigenvalue weighted by atomic mass is 9.91. The van der Waals surface area contributed by atoms with Crippen molar-refractivity contribution >= 4 is 28.9 Å². The van der Waals surface area contributed by atoms with Gasteiger partial charge in [0.25, 0.3) is 11.6 Å². The summed E-state index contributed by atoms with van der Waals surface area (Å²) in [6, 6.07) is 16.4. The fourth-order valence-corrected chi connectivity index (χ4v) is 5.05. The van der Waals surface area contributed by atoms with Crippen LogP contribution in [0.25, 0.3) is 11.1 Å². The Bertz CT molecular complexity index is 1740. The van der Waals surface area contributed by atoms with E-state index < -0.39 is 16.4 Å². The molecule has 220 valence electrons. The van der Waals surface area contributed by atoms with Gasteiger partial charge in [-0.3, -0.25) is 19.9 Å². The number of non-ortho nitro benzene ring substituents is 1. The summed E-state index contributed by atoms with van der Waals surface area (Å²) in [5.41, 5.74) is 3.50. The Hall–Kier alpha value is -5.45. The number of nitro groups is 1. The monoisotopic (exact) mass is 582 g/mol. The van der Waals surface area contributed by atoms with Crippen molar-refractivity contribution < 1.29 is 28.7 Å². The van der Waals surface area contributed by atoms with Gasteiger partial charge in [-0.1, -0.05) is 6.07 Å². The minimum absolute atomic E-state index is 0.0117. The number of nitrogens with zero attached hydrogens (tertiary/aromatic N) is 3. The molecule has 1 aliphatic heterocycles. The predicted molar refractivity (Wildman–Crippen MR) is 161 cm³/mol. The van der Waals surface area contributed by atoms with Crippen LogP contribution in [-0.2, 0) is 11.4 Å². The summed E-state index contributed by atoms with van der Waals surface area (Å²) in [5.74, 6) is 0.365. The molecular formula is C32H30N4O7. The van der Waals surface area contributed by atoms with Gasteiger partial charge in [-0.25, -0.2) is 4.79 Å². The summed E-state index contributed by atoms with van der Waals surface area (Å²) in [5, 5.41) is 14.7. The zero-order chi connectivity index (χ0) is 30.9. The Morgan fingerprint density at radius 1 is 1.02 bits per heavy atom. The van der Waals surface area contributed by atoms with Crippen LogP contribution >= 0.6 is 0 Å². The number of likely N-dealkylation sites (N-methyl/N-ethyl adjacent to an activating group) is 1. The smallest absolute Gasteiger partial charge is 0.343 e. The van der Waals surface area contributed by atoms with E-state index in [1.54, 1.807) is 69.1 Å². The highest BCUT2D eigenvalue weighted by Crippen LogP contribution is 2.45. The van der Waals surface area contributed by atoms with Gasteiger partial charge in [0.05, 0.1) is 35.0 Å². The number of carbonyl (C=O) groups excluding carboxylic acids is 2. The Kier molecular flexibility index (Phi) is 7.73. The second-order valence-electron chi connectivity index (χ2n) is 10.6. The predicted octanol–water partition coefficient (Wildman–Crippen LogP) is 5.94. The van der Waals surface area contributed by atoms with E-state index in [0.717, 1.165) is 11.3 Å². The lowest BCUT2D eigenvalue weighted by Gasteiger charge is -2.39. The third-order valence-corrected chi connectivity index (χ3v) is 7.25. The van der Waals surface area contributed by atoms with Gasteiger partial charge in [-0.2, -0.15) is 0 Å². The minimum atomic E-state index is -0.837. The SMILES string of the molecule is COc1cc(OC(=O)c2ccncc2)ccc1-c1ccc2c(c1COc1cc([N+](=O)[O-])ccc1C)N(C)C(=O)C(C)(C)N2. The summed E-state index contributed by atoms with van der Waals surface area (Å²) < 4.78 is 17.5. The molecule has 11 nitrogen and oxygen atoms in total. The van der Waals surface area contributed by atoms with Crippen molar-refractivity contribution in [1.82, 2.24) is 4.98 Å². The quantitative estimate of drug-likeness (QED) is 0.116. The topological polar surface area (TPSA) is 133 Å². The number of aromatic nitrogens is 1. The molecule has 43 heavy (non-hydrogen) atoms. The fourth-order valence-electron chi connectivity index (χ4n) is 5.05. The Morgan fingerprint density at radius 3 is 2.44 bits per heavy atom. The molecule has 0 radical (unpaired) electrons. The molecule has 2 heterocycles. The number of carbonyl (C=O) groups is 2. The molecule has 1 N–H and O–H groups in total. The molecule has 11 heteroatoms. The number of esters is 1. The highest BCUT2D eigenvalue weighted by Gasteiger charge is 2.38. The van der Waals surface area contributed by atoms with Gasteiger partial charge in [-0.05, 0) is 68.3 Å². The molecule has 5 rings (SSSR count). The van der Waals surface area contributed by atoms with E-state index in [1.807, 2.05) is 12.1 Å². The molecule has 0 bridgehead atoms. The number of hydrogen-bond acceptors (Lipinski definition) is 9. The zero-order valence-corrected chi connectivity index (χ0v) is 24.3. The molecule has 4 aromatic rings. The highest BCUT2D eigenvalue weighted by molar-refractivity contribution is 6.08. The van der Waals surface area contributed by atoms with Crippen LogP contribution in [0.5, 0.6) is 17.2 Å². The van der Waals surface area contributed by atoms with Gasteiger partial charge in [0.2, 0.25) is 0 Å². The number of hydrogen-bond donors (Lipinski definition) is 1. The maximum Gasteiger partial charge on any atom is 0.343 e. The van der Waals surface area contributed by atoms with Gasteiger partial charge < -0.3 is 24.4 Å². The van der Waals surface area contributed by atoms with Crippen LogP contribution in [0.15, 0.2) is 73.1 Å². The van der Waals surface area contributed by atoms with Gasteiger partial charge in [0.15, 0.2) is 0 Å². The fraction of sp³-hybridized carbons (Fsp3) is 0.219. The van der Waals surface area contributed by atoms with Crippen LogP contribution in [0.4, 0.5) is 17.1 Å². The van der Waals surface area contributed by atoms with Crippen molar-refractivity contribution in [2.24, 2.45) is 0 Å². The van der Waals surface area contributed by atoms with Gasteiger partial charge >= 0.3 is 5.97 Å². The van der Waals surface area contributed by atoms with Gasteiger partial charge in [0, 0.05) is 42.7 Å². The number of nitrogens with one attached hydrogen (secondary N) is 1. The van der Waals surface area contributed by atoms with Crippen LogP contribution in [-0.4, -0.2) is 41.5 Å². The summed E-state index contributed by atoms with van der Waals surface area (Å²) in [7, 11) is 3.21. The van der Waals surface area contributed by atoms with Crippen molar-refractivity contribution in [2.45, 2.75) is 32.9 Å². The number of nitro benzene ring substituents is 1. The number of anilines is 2. The molecule has 1 aliphatic rings. The number of fused-ring (bicyclic) bond motifs is 1. The summed E-state index contributed by atoms with van der Waals surface area (Å²) in [6.45, 7) is 5.40. The minimum Gasteiger partial charge on any atom is -0.496 e. The molecule has 1 amide bonds.